The number of methoxy groups -OCH3 is 1. The van der Waals surface area contributed by atoms with Gasteiger partial charge >= 0.3 is 0 Å². The number of hydrogen-bond acceptors (Lipinski definition) is 8. The van der Waals surface area contributed by atoms with Gasteiger partial charge in [-0.2, -0.15) is 0 Å². The van der Waals surface area contributed by atoms with Crippen molar-refractivity contribution in [2.75, 3.05) is 32.1 Å². The van der Waals surface area contributed by atoms with E-state index in [1.807, 2.05) is 42.5 Å². The van der Waals surface area contributed by atoms with Crippen molar-refractivity contribution in [2.24, 2.45) is 0 Å². The Kier molecular flexibility index (Phi) is 7.62. The zero-order chi connectivity index (χ0) is 25.6. The summed E-state index contributed by atoms with van der Waals surface area (Å²) in [7, 11) is 1.52. The van der Waals surface area contributed by atoms with Gasteiger partial charge in [0.25, 0.3) is 0 Å². The van der Waals surface area contributed by atoms with Crippen LogP contribution in [-0.4, -0.2) is 58.7 Å². The van der Waals surface area contributed by atoms with Crippen LogP contribution in [0.1, 0.15) is 12.1 Å². The second kappa shape index (κ2) is 11.4. The standard InChI is InChI=1S/C27H26ClN5O4/c1-35-16-25(34)33-12-10-20(14-33)37-24-7-4-6-22-26(24)27(31-17-30-22)32-18-8-9-23(21(28)13-18)36-15-19-5-2-3-11-29-19/h2-9,11,13,17,20H,10,12,14-16H2,1H3,(H,30,31,32)/t20-/m1/s1. The fraction of sp³-hybridized carbons (Fsp3) is 0.259. The summed E-state index contributed by atoms with van der Waals surface area (Å²) in [5, 5.41) is 4.54. The first-order valence-electron chi connectivity index (χ1n) is 11.9. The van der Waals surface area contributed by atoms with Gasteiger partial charge in [-0.05, 0) is 42.5 Å². The van der Waals surface area contributed by atoms with Crippen LogP contribution < -0.4 is 14.8 Å². The van der Waals surface area contributed by atoms with Crippen LogP contribution in [0.4, 0.5) is 11.5 Å². The smallest absolute Gasteiger partial charge is 0.248 e. The number of ether oxygens (including phenoxy) is 3. The van der Waals surface area contributed by atoms with Crippen LogP contribution in [0.25, 0.3) is 10.9 Å². The number of amides is 1. The minimum absolute atomic E-state index is 0.0402. The number of anilines is 2. The lowest BCUT2D eigenvalue weighted by molar-refractivity contribution is -0.134. The van der Waals surface area contributed by atoms with E-state index in [0.717, 1.165) is 28.7 Å². The maximum absolute atomic E-state index is 12.2. The van der Waals surface area contributed by atoms with E-state index < -0.39 is 0 Å². The number of nitrogens with zero attached hydrogens (tertiary/aromatic N) is 4. The van der Waals surface area contributed by atoms with Crippen LogP contribution in [0.3, 0.4) is 0 Å². The molecule has 5 rings (SSSR count). The SMILES string of the molecule is COCC(=O)N1CC[C@@H](Oc2cccc3ncnc(Nc4ccc(OCc5ccccn5)c(Cl)c4)c23)C1. The minimum Gasteiger partial charge on any atom is -0.488 e. The molecule has 1 saturated heterocycles. The lowest BCUT2D eigenvalue weighted by Crippen LogP contribution is -2.33. The number of hydrogen-bond donors (Lipinski definition) is 1. The lowest BCUT2D eigenvalue weighted by atomic mass is 10.2. The Labute approximate surface area is 219 Å². The number of halogens is 1. The Morgan fingerprint density at radius 2 is 2.03 bits per heavy atom. The average Bonchev–Trinajstić information content (AvgIpc) is 3.38. The fourth-order valence-electron chi connectivity index (χ4n) is 4.18. The van der Waals surface area contributed by atoms with Crippen molar-refractivity contribution in [1.82, 2.24) is 19.9 Å². The minimum atomic E-state index is -0.135. The number of rotatable bonds is 9. The number of carbonyl (C=O) groups excluding carboxylic acids is 1. The highest BCUT2D eigenvalue weighted by molar-refractivity contribution is 6.32. The van der Waals surface area contributed by atoms with Gasteiger partial charge in [0, 0.05) is 32.0 Å². The molecule has 37 heavy (non-hydrogen) atoms. The number of fused-ring (bicyclic) bond motifs is 1. The Bertz CT molecular complexity index is 1380. The van der Waals surface area contributed by atoms with Gasteiger partial charge in [0.05, 0.1) is 28.2 Å². The van der Waals surface area contributed by atoms with Gasteiger partial charge in [0.2, 0.25) is 5.91 Å². The highest BCUT2D eigenvalue weighted by atomic mass is 35.5. The van der Waals surface area contributed by atoms with Crippen molar-refractivity contribution in [3.63, 3.8) is 0 Å². The second-order valence-corrected chi connectivity index (χ2v) is 8.96. The molecule has 0 aliphatic carbocycles. The van der Waals surface area contributed by atoms with Gasteiger partial charge in [-0.3, -0.25) is 9.78 Å². The Morgan fingerprint density at radius 3 is 2.84 bits per heavy atom. The Balaban J connectivity index is 1.32. The molecule has 0 unspecified atom stereocenters. The predicted octanol–water partition coefficient (Wildman–Crippen LogP) is 4.63. The van der Waals surface area contributed by atoms with E-state index in [2.05, 4.69) is 20.3 Å². The Morgan fingerprint density at radius 1 is 1.11 bits per heavy atom. The topological polar surface area (TPSA) is 98.7 Å². The zero-order valence-corrected chi connectivity index (χ0v) is 21.0. The molecule has 10 heteroatoms. The first-order chi connectivity index (χ1) is 18.1. The number of pyridine rings is 1. The summed E-state index contributed by atoms with van der Waals surface area (Å²) >= 11 is 6.50. The van der Waals surface area contributed by atoms with Crippen molar-refractivity contribution < 1.29 is 19.0 Å². The molecule has 4 aromatic rings. The molecule has 3 heterocycles. The van der Waals surface area contributed by atoms with Crippen LogP contribution in [0.15, 0.2) is 67.1 Å². The molecule has 0 bridgehead atoms. The highest BCUT2D eigenvalue weighted by Gasteiger charge is 2.28. The maximum atomic E-state index is 12.2. The summed E-state index contributed by atoms with van der Waals surface area (Å²) < 4.78 is 17.1. The molecule has 1 amide bonds. The molecule has 1 N–H and O–H groups in total. The number of carbonyl (C=O) groups is 1. The molecular weight excluding hydrogens is 494 g/mol. The van der Waals surface area contributed by atoms with Crippen LogP contribution in [0.2, 0.25) is 5.02 Å². The number of nitrogens with one attached hydrogen (secondary N) is 1. The fourth-order valence-corrected chi connectivity index (χ4v) is 4.42. The van der Waals surface area contributed by atoms with Crippen LogP contribution in [0, 0.1) is 0 Å². The van der Waals surface area contributed by atoms with Gasteiger partial charge < -0.3 is 24.4 Å². The molecule has 2 aromatic carbocycles. The monoisotopic (exact) mass is 519 g/mol. The second-order valence-electron chi connectivity index (χ2n) is 8.55. The number of likely N-dealkylation sites (tertiary alicyclic amines) is 1. The summed E-state index contributed by atoms with van der Waals surface area (Å²) in [4.78, 5) is 27.1. The summed E-state index contributed by atoms with van der Waals surface area (Å²) in [6.45, 7) is 1.52. The molecule has 1 aliphatic rings. The normalized spacial score (nSPS) is 15.1. The van der Waals surface area contributed by atoms with E-state index in [1.165, 1.54) is 13.4 Å². The molecule has 9 nitrogen and oxygen atoms in total. The van der Waals surface area contributed by atoms with E-state index in [4.69, 9.17) is 25.8 Å². The van der Waals surface area contributed by atoms with Gasteiger partial charge in [-0.25, -0.2) is 9.97 Å². The van der Waals surface area contributed by atoms with Crippen molar-refractivity contribution in [1.29, 1.82) is 0 Å². The predicted molar refractivity (Wildman–Crippen MR) is 140 cm³/mol. The first-order valence-corrected chi connectivity index (χ1v) is 12.2. The average molecular weight is 520 g/mol. The van der Waals surface area contributed by atoms with E-state index in [9.17, 15) is 4.79 Å². The molecule has 1 atom stereocenters. The van der Waals surface area contributed by atoms with Gasteiger partial charge in [-0.1, -0.05) is 23.7 Å². The van der Waals surface area contributed by atoms with Gasteiger partial charge in [-0.15, -0.1) is 0 Å². The highest BCUT2D eigenvalue weighted by Crippen LogP contribution is 2.35. The van der Waals surface area contributed by atoms with Crippen LogP contribution in [-0.2, 0) is 16.1 Å². The van der Waals surface area contributed by atoms with Gasteiger partial charge in [0.1, 0.15) is 43.0 Å². The van der Waals surface area contributed by atoms with Crippen molar-refractivity contribution in [3.8, 4) is 11.5 Å². The maximum Gasteiger partial charge on any atom is 0.248 e. The van der Waals surface area contributed by atoms with E-state index in [0.29, 0.717) is 42.0 Å². The molecule has 0 radical (unpaired) electrons. The third-order valence-corrected chi connectivity index (χ3v) is 6.28. The van der Waals surface area contributed by atoms with E-state index >= 15 is 0 Å². The molecule has 0 spiro atoms. The van der Waals surface area contributed by atoms with Crippen LogP contribution >= 0.6 is 11.6 Å². The Hall–Kier alpha value is -3.95. The summed E-state index contributed by atoms with van der Waals surface area (Å²) in [5.41, 5.74) is 2.29. The third-order valence-electron chi connectivity index (χ3n) is 5.98. The molecular formula is C27H26ClN5O4. The van der Waals surface area contributed by atoms with Crippen LogP contribution in [0.5, 0.6) is 11.5 Å². The van der Waals surface area contributed by atoms with E-state index in [-0.39, 0.29) is 18.6 Å². The molecule has 0 saturated carbocycles. The number of benzene rings is 2. The third kappa shape index (κ3) is 5.90. The summed E-state index contributed by atoms with van der Waals surface area (Å²) in [6, 6.07) is 16.8. The van der Waals surface area contributed by atoms with E-state index in [1.54, 1.807) is 23.2 Å². The van der Waals surface area contributed by atoms with Crippen molar-refractivity contribution in [2.45, 2.75) is 19.1 Å². The molecule has 190 valence electrons. The zero-order valence-electron chi connectivity index (χ0n) is 20.3. The quantitative estimate of drug-likeness (QED) is 0.342. The lowest BCUT2D eigenvalue weighted by Gasteiger charge is -2.18. The van der Waals surface area contributed by atoms with Crippen molar-refractivity contribution >= 4 is 39.9 Å². The molecule has 1 aliphatic heterocycles. The largest absolute Gasteiger partial charge is 0.488 e. The summed E-state index contributed by atoms with van der Waals surface area (Å²) in [6.07, 6.45) is 3.82. The first kappa shape index (κ1) is 24.7. The van der Waals surface area contributed by atoms with Crippen molar-refractivity contribution in [3.05, 3.63) is 77.8 Å². The molecule has 2 aromatic heterocycles. The molecule has 1 fully saturated rings. The van der Waals surface area contributed by atoms with Gasteiger partial charge in [0.15, 0.2) is 0 Å². The number of aromatic nitrogens is 3. The summed E-state index contributed by atoms with van der Waals surface area (Å²) in [5.74, 6) is 1.75.